The third-order valence-corrected chi connectivity index (χ3v) is 6.90. The van der Waals surface area contributed by atoms with Gasteiger partial charge in [-0.25, -0.2) is 0 Å². The molecule has 3 aliphatic carbocycles. The van der Waals surface area contributed by atoms with Gasteiger partial charge in [-0.15, -0.1) is 0 Å². The van der Waals surface area contributed by atoms with Gasteiger partial charge in [0.2, 0.25) is 0 Å². The summed E-state index contributed by atoms with van der Waals surface area (Å²) < 4.78 is 0. The minimum absolute atomic E-state index is 0.486. The van der Waals surface area contributed by atoms with Crippen LogP contribution in [0.1, 0.15) is 62.6 Å². The highest BCUT2D eigenvalue weighted by Gasteiger charge is 2.49. The zero-order chi connectivity index (χ0) is 16.3. The van der Waals surface area contributed by atoms with Gasteiger partial charge in [-0.05, 0) is 84.2 Å². The van der Waals surface area contributed by atoms with Crippen molar-refractivity contribution in [3.63, 3.8) is 0 Å². The monoisotopic (exact) mass is 316 g/mol. The smallest absolute Gasteiger partial charge is 0.00274 e. The number of allylic oxidation sites excluding steroid dienone is 2. The van der Waals surface area contributed by atoms with Crippen LogP contribution in [0.4, 0.5) is 0 Å². The van der Waals surface area contributed by atoms with Gasteiger partial charge >= 0.3 is 0 Å². The van der Waals surface area contributed by atoms with Gasteiger partial charge in [0, 0.05) is 5.41 Å². The number of aryl methyl sites for hydroxylation is 1. The van der Waals surface area contributed by atoms with Crippen LogP contribution in [0.25, 0.3) is 10.8 Å². The second kappa shape index (κ2) is 5.22. The van der Waals surface area contributed by atoms with Gasteiger partial charge in [-0.2, -0.15) is 0 Å². The summed E-state index contributed by atoms with van der Waals surface area (Å²) in [6, 6.07) is 12.3. The van der Waals surface area contributed by atoms with E-state index in [1.165, 1.54) is 61.3 Å². The maximum atomic E-state index is 2.59. The van der Waals surface area contributed by atoms with E-state index in [-0.39, 0.29) is 0 Å². The van der Waals surface area contributed by atoms with Gasteiger partial charge in [0.1, 0.15) is 0 Å². The summed E-state index contributed by atoms with van der Waals surface area (Å²) in [6.07, 6.45) is 11.9. The summed E-state index contributed by atoms with van der Waals surface area (Å²) in [5.41, 5.74) is 7.11. The van der Waals surface area contributed by atoms with Crippen molar-refractivity contribution in [2.75, 3.05) is 0 Å². The number of hydrogen-bond acceptors (Lipinski definition) is 0. The molecular formula is C24H28. The highest BCUT2D eigenvalue weighted by atomic mass is 14.5. The topological polar surface area (TPSA) is 0 Å². The molecule has 1 spiro atoms. The first kappa shape index (κ1) is 14.8. The summed E-state index contributed by atoms with van der Waals surface area (Å²) in [5, 5.41) is 2.92. The van der Waals surface area contributed by atoms with E-state index in [1.54, 1.807) is 16.7 Å². The van der Waals surface area contributed by atoms with Crippen LogP contribution in [-0.2, 0) is 18.3 Å². The summed E-state index contributed by atoms with van der Waals surface area (Å²) in [5.74, 6) is 1.62. The molecule has 2 unspecified atom stereocenters. The van der Waals surface area contributed by atoms with Crippen molar-refractivity contribution in [2.45, 2.75) is 64.2 Å². The van der Waals surface area contributed by atoms with Crippen LogP contribution in [0, 0.1) is 11.8 Å². The van der Waals surface area contributed by atoms with Gasteiger partial charge in [0.05, 0.1) is 0 Å². The molecule has 2 aromatic rings. The van der Waals surface area contributed by atoms with Gasteiger partial charge in [0.15, 0.2) is 0 Å². The highest BCUT2D eigenvalue weighted by Crippen LogP contribution is 2.59. The Morgan fingerprint density at radius 2 is 2.04 bits per heavy atom. The lowest BCUT2D eigenvalue weighted by molar-refractivity contribution is 0.270. The first-order valence-electron chi connectivity index (χ1n) is 9.88. The molecule has 5 rings (SSSR count). The van der Waals surface area contributed by atoms with Crippen LogP contribution in [0.5, 0.6) is 0 Å². The fourth-order valence-corrected chi connectivity index (χ4v) is 5.91. The minimum atomic E-state index is 0.486. The molecule has 24 heavy (non-hydrogen) atoms. The fraction of sp³-hybridized carbons (Fsp3) is 0.500. The predicted molar refractivity (Wildman–Crippen MR) is 103 cm³/mol. The van der Waals surface area contributed by atoms with Crippen LogP contribution in [0.3, 0.4) is 0 Å². The average molecular weight is 316 g/mol. The Bertz CT molecular complexity index is 838. The third-order valence-electron chi connectivity index (χ3n) is 6.90. The maximum absolute atomic E-state index is 2.59. The van der Waals surface area contributed by atoms with E-state index in [2.05, 4.69) is 50.3 Å². The predicted octanol–water partition coefficient (Wildman–Crippen LogP) is 6.35. The second-order valence-corrected chi connectivity index (χ2v) is 8.97. The molecular weight excluding hydrogens is 288 g/mol. The molecule has 0 heteroatoms. The van der Waals surface area contributed by atoms with Crippen molar-refractivity contribution in [3.8, 4) is 0 Å². The van der Waals surface area contributed by atoms with Gasteiger partial charge < -0.3 is 0 Å². The SMILES string of the molecule is CC(C)Cc1ccc2cc3c(cc2c1)C1(CCC3)CC2=CCC1C2. The van der Waals surface area contributed by atoms with E-state index in [1.807, 2.05) is 0 Å². The number of hydrogen-bond donors (Lipinski definition) is 0. The fourth-order valence-electron chi connectivity index (χ4n) is 5.91. The van der Waals surface area contributed by atoms with Crippen molar-refractivity contribution in [1.29, 1.82) is 0 Å². The molecule has 0 nitrogen and oxygen atoms in total. The van der Waals surface area contributed by atoms with E-state index in [4.69, 9.17) is 0 Å². The van der Waals surface area contributed by atoms with Crippen LogP contribution < -0.4 is 0 Å². The zero-order valence-corrected chi connectivity index (χ0v) is 15.1. The lowest BCUT2D eigenvalue weighted by Crippen LogP contribution is -2.35. The lowest BCUT2D eigenvalue weighted by Gasteiger charge is -2.41. The van der Waals surface area contributed by atoms with Crippen LogP contribution in [0.15, 0.2) is 42.0 Å². The first-order valence-corrected chi connectivity index (χ1v) is 9.88. The van der Waals surface area contributed by atoms with Crippen molar-refractivity contribution in [2.24, 2.45) is 11.8 Å². The lowest BCUT2D eigenvalue weighted by atomic mass is 9.62. The molecule has 124 valence electrons. The van der Waals surface area contributed by atoms with E-state index in [0.29, 0.717) is 5.41 Å². The molecule has 0 saturated heterocycles. The summed E-state index contributed by atoms with van der Waals surface area (Å²) in [7, 11) is 0. The van der Waals surface area contributed by atoms with Gasteiger partial charge in [-0.3, -0.25) is 0 Å². The number of benzene rings is 2. The Morgan fingerprint density at radius 3 is 2.79 bits per heavy atom. The molecule has 1 saturated carbocycles. The molecule has 2 atom stereocenters. The zero-order valence-electron chi connectivity index (χ0n) is 15.1. The maximum Gasteiger partial charge on any atom is 0.00274 e. The minimum Gasteiger partial charge on any atom is -0.0850 e. The first-order chi connectivity index (χ1) is 11.6. The highest BCUT2D eigenvalue weighted by molar-refractivity contribution is 5.85. The van der Waals surface area contributed by atoms with Crippen LogP contribution in [-0.4, -0.2) is 0 Å². The number of fused-ring (bicyclic) bond motifs is 6. The molecule has 0 amide bonds. The largest absolute Gasteiger partial charge is 0.0850 e. The standard InChI is InChI=1S/C24H28/c1-16(2)10-17-5-7-19-13-20-4-3-9-24(23(20)14-21(19)11-17)15-18-6-8-22(24)12-18/h5-7,11,13-14,16,22H,3-4,8-10,12,15H2,1-2H3. The van der Waals surface area contributed by atoms with E-state index in [0.717, 1.165) is 11.8 Å². The third kappa shape index (κ3) is 2.11. The Morgan fingerprint density at radius 1 is 1.12 bits per heavy atom. The molecule has 1 fully saturated rings. The summed E-state index contributed by atoms with van der Waals surface area (Å²) in [4.78, 5) is 0. The molecule has 2 aromatic carbocycles. The Kier molecular flexibility index (Phi) is 3.21. The van der Waals surface area contributed by atoms with Crippen LogP contribution >= 0.6 is 0 Å². The van der Waals surface area contributed by atoms with E-state index >= 15 is 0 Å². The Balaban J connectivity index is 1.65. The van der Waals surface area contributed by atoms with Gasteiger partial charge in [0.25, 0.3) is 0 Å². The van der Waals surface area contributed by atoms with Crippen molar-refractivity contribution >= 4 is 10.8 Å². The second-order valence-electron chi connectivity index (χ2n) is 8.97. The van der Waals surface area contributed by atoms with Crippen molar-refractivity contribution < 1.29 is 0 Å². The quantitative estimate of drug-likeness (QED) is 0.566. The number of rotatable bonds is 2. The van der Waals surface area contributed by atoms with E-state index < -0.39 is 0 Å². The summed E-state index contributed by atoms with van der Waals surface area (Å²) in [6.45, 7) is 4.63. The van der Waals surface area contributed by atoms with E-state index in [9.17, 15) is 0 Å². The Labute approximate surface area is 146 Å². The summed E-state index contributed by atoms with van der Waals surface area (Å²) >= 11 is 0. The molecule has 0 heterocycles. The van der Waals surface area contributed by atoms with Crippen molar-refractivity contribution in [3.05, 3.63) is 58.7 Å². The molecule has 0 N–H and O–H groups in total. The molecule has 2 bridgehead atoms. The molecule has 0 aliphatic heterocycles. The molecule has 0 aromatic heterocycles. The van der Waals surface area contributed by atoms with Crippen molar-refractivity contribution in [1.82, 2.24) is 0 Å². The average Bonchev–Trinajstić information content (AvgIpc) is 3.15. The normalized spacial score (nSPS) is 28.0. The molecule has 3 aliphatic rings. The molecule has 0 radical (unpaired) electrons. The van der Waals surface area contributed by atoms with Gasteiger partial charge in [-0.1, -0.05) is 55.8 Å². The van der Waals surface area contributed by atoms with Crippen LogP contribution in [0.2, 0.25) is 0 Å². The Hall–Kier alpha value is -1.56.